The van der Waals surface area contributed by atoms with Gasteiger partial charge in [0.2, 0.25) is 0 Å². The Labute approximate surface area is 87.4 Å². The van der Waals surface area contributed by atoms with Gasteiger partial charge in [-0.2, -0.15) is 0 Å². The number of alkyl halides is 1. The lowest BCUT2D eigenvalue weighted by Crippen LogP contribution is -2.35. The molecule has 2 saturated carbocycles. The first-order valence-corrected chi connectivity index (χ1v) is 6.13. The van der Waals surface area contributed by atoms with E-state index in [2.05, 4.69) is 22.6 Å². The molecule has 68 valence electrons. The van der Waals surface area contributed by atoms with E-state index in [0.29, 0.717) is 15.1 Å². The van der Waals surface area contributed by atoms with E-state index in [0.717, 1.165) is 12.8 Å². The first-order valence-electron chi connectivity index (χ1n) is 4.89. The van der Waals surface area contributed by atoms with Crippen LogP contribution in [-0.2, 0) is 4.79 Å². The third-order valence-corrected chi connectivity index (χ3v) is 5.33. The number of carbonyl (C=O) groups is 1. The Hall–Kier alpha value is 0.400. The van der Waals surface area contributed by atoms with Crippen molar-refractivity contribution in [2.75, 3.05) is 0 Å². The number of carbonyl (C=O) groups excluding carboxylic acids is 1. The van der Waals surface area contributed by atoms with E-state index < -0.39 is 0 Å². The van der Waals surface area contributed by atoms with Crippen LogP contribution < -0.4 is 0 Å². The fourth-order valence-corrected chi connectivity index (χ4v) is 4.13. The zero-order valence-electron chi connectivity index (χ0n) is 7.31. The molecule has 2 rings (SSSR count). The Kier molecular flexibility index (Phi) is 2.45. The molecule has 12 heavy (non-hydrogen) atoms. The Morgan fingerprint density at radius 1 is 1.25 bits per heavy atom. The molecule has 2 heteroatoms. The first-order chi connectivity index (χ1) is 5.73. The Bertz CT molecular complexity index is 194. The van der Waals surface area contributed by atoms with Gasteiger partial charge in [0.15, 0.2) is 0 Å². The lowest BCUT2D eigenvalue weighted by molar-refractivity contribution is -0.121. The molecule has 0 aliphatic heterocycles. The van der Waals surface area contributed by atoms with E-state index in [1.807, 2.05) is 0 Å². The lowest BCUT2D eigenvalue weighted by Gasteiger charge is -2.37. The molecule has 2 aliphatic carbocycles. The van der Waals surface area contributed by atoms with E-state index in [4.69, 9.17) is 0 Å². The highest BCUT2D eigenvalue weighted by atomic mass is 127. The molecular weight excluding hydrogens is 263 g/mol. The van der Waals surface area contributed by atoms with Crippen molar-refractivity contribution >= 4 is 28.4 Å². The Morgan fingerprint density at radius 3 is 2.50 bits per heavy atom. The average Bonchev–Trinajstić information content (AvgIpc) is 2.48. The number of hydrogen-bond donors (Lipinski definition) is 0. The molecule has 1 nitrogen and oxygen atoms in total. The quantitative estimate of drug-likeness (QED) is 0.491. The minimum atomic E-state index is 0.493. The highest BCUT2D eigenvalue weighted by Gasteiger charge is 2.43. The van der Waals surface area contributed by atoms with Gasteiger partial charge in [-0.05, 0) is 24.7 Å². The van der Waals surface area contributed by atoms with Crippen molar-refractivity contribution in [2.24, 2.45) is 5.41 Å². The third kappa shape index (κ3) is 1.42. The maximum absolute atomic E-state index is 11.2. The fourth-order valence-electron chi connectivity index (χ4n) is 2.71. The van der Waals surface area contributed by atoms with Crippen molar-refractivity contribution in [3.8, 4) is 0 Å². The minimum absolute atomic E-state index is 0.493. The standard InChI is InChI=1S/C10H15IO/c11-9-7-8(12)3-6-10(9)4-1-2-5-10/h9H,1-7H2. The van der Waals surface area contributed by atoms with Gasteiger partial charge >= 0.3 is 0 Å². The highest BCUT2D eigenvalue weighted by Crippen LogP contribution is 2.51. The number of halogens is 1. The molecule has 0 amide bonds. The molecule has 0 aromatic heterocycles. The van der Waals surface area contributed by atoms with E-state index in [9.17, 15) is 4.79 Å². The molecule has 2 aliphatic rings. The maximum atomic E-state index is 11.2. The number of ketones is 1. The van der Waals surface area contributed by atoms with Crippen LogP contribution in [0.15, 0.2) is 0 Å². The predicted molar refractivity (Wildman–Crippen MR) is 57.6 cm³/mol. The molecule has 0 saturated heterocycles. The molecular formula is C10H15IO. The summed E-state index contributed by atoms with van der Waals surface area (Å²) in [7, 11) is 0. The van der Waals surface area contributed by atoms with Crippen molar-refractivity contribution in [1.82, 2.24) is 0 Å². The summed E-state index contributed by atoms with van der Waals surface area (Å²) in [6, 6.07) is 0. The highest BCUT2D eigenvalue weighted by molar-refractivity contribution is 14.1. The molecule has 1 unspecified atom stereocenters. The maximum Gasteiger partial charge on any atom is 0.133 e. The Morgan fingerprint density at radius 2 is 1.92 bits per heavy atom. The number of hydrogen-bond acceptors (Lipinski definition) is 1. The van der Waals surface area contributed by atoms with Crippen LogP contribution in [0.3, 0.4) is 0 Å². The van der Waals surface area contributed by atoms with Gasteiger partial charge in [0.25, 0.3) is 0 Å². The molecule has 2 fully saturated rings. The van der Waals surface area contributed by atoms with Crippen LogP contribution in [0, 0.1) is 5.41 Å². The smallest absolute Gasteiger partial charge is 0.133 e. The molecule has 0 heterocycles. The van der Waals surface area contributed by atoms with Gasteiger partial charge < -0.3 is 0 Å². The van der Waals surface area contributed by atoms with E-state index in [1.54, 1.807) is 0 Å². The zero-order valence-corrected chi connectivity index (χ0v) is 9.47. The predicted octanol–water partition coefficient (Wildman–Crippen LogP) is 3.10. The van der Waals surface area contributed by atoms with Gasteiger partial charge in [-0.15, -0.1) is 0 Å². The first kappa shape index (κ1) is 8.97. The van der Waals surface area contributed by atoms with Crippen LogP contribution in [0.25, 0.3) is 0 Å². The van der Waals surface area contributed by atoms with Gasteiger partial charge in [-0.1, -0.05) is 35.4 Å². The average molecular weight is 278 g/mol. The SMILES string of the molecule is O=C1CCC2(CCCC2)C(I)C1. The van der Waals surface area contributed by atoms with E-state index >= 15 is 0 Å². The van der Waals surface area contributed by atoms with Gasteiger partial charge in [0.1, 0.15) is 5.78 Å². The molecule has 0 aromatic rings. The molecule has 1 spiro atoms. The topological polar surface area (TPSA) is 17.1 Å². The van der Waals surface area contributed by atoms with Crippen LogP contribution in [0.4, 0.5) is 0 Å². The second-order valence-corrected chi connectivity index (χ2v) is 5.78. The second kappa shape index (κ2) is 3.28. The van der Waals surface area contributed by atoms with Crippen molar-refractivity contribution < 1.29 is 4.79 Å². The van der Waals surface area contributed by atoms with Gasteiger partial charge in [-0.25, -0.2) is 0 Å². The summed E-state index contributed by atoms with van der Waals surface area (Å²) in [5.74, 6) is 0.493. The largest absolute Gasteiger partial charge is 0.300 e. The molecule has 0 aromatic carbocycles. The summed E-state index contributed by atoms with van der Waals surface area (Å²) in [5.41, 5.74) is 0.578. The second-order valence-electron chi connectivity index (χ2n) is 4.28. The summed E-state index contributed by atoms with van der Waals surface area (Å²) >= 11 is 2.51. The third-order valence-electron chi connectivity index (χ3n) is 3.57. The van der Waals surface area contributed by atoms with Crippen LogP contribution in [0.2, 0.25) is 0 Å². The van der Waals surface area contributed by atoms with Gasteiger partial charge in [-0.3, -0.25) is 4.79 Å². The van der Waals surface area contributed by atoms with Gasteiger partial charge in [0, 0.05) is 16.8 Å². The zero-order chi connectivity index (χ0) is 8.60. The summed E-state index contributed by atoms with van der Waals surface area (Å²) in [6.45, 7) is 0. The molecule has 0 N–H and O–H groups in total. The minimum Gasteiger partial charge on any atom is -0.300 e. The summed E-state index contributed by atoms with van der Waals surface area (Å²) < 4.78 is 0.638. The van der Waals surface area contributed by atoms with Crippen LogP contribution in [0.1, 0.15) is 44.9 Å². The summed E-state index contributed by atoms with van der Waals surface area (Å²) in [4.78, 5) is 11.2. The van der Waals surface area contributed by atoms with Crippen molar-refractivity contribution in [1.29, 1.82) is 0 Å². The van der Waals surface area contributed by atoms with Crippen LogP contribution >= 0.6 is 22.6 Å². The fraction of sp³-hybridized carbons (Fsp3) is 0.900. The van der Waals surface area contributed by atoms with Crippen molar-refractivity contribution in [2.45, 2.75) is 48.9 Å². The van der Waals surface area contributed by atoms with Crippen molar-refractivity contribution in [3.05, 3.63) is 0 Å². The lowest BCUT2D eigenvalue weighted by atomic mass is 9.72. The van der Waals surface area contributed by atoms with Crippen LogP contribution in [0.5, 0.6) is 0 Å². The molecule has 1 atom stereocenters. The Balaban J connectivity index is 2.10. The summed E-state index contributed by atoms with van der Waals surface area (Å²) in [6.07, 6.45) is 8.45. The number of rotatable bonds is 0. The van der Waals surface area contributed by atoms with Gasteiger partial charge in [0.05, 0.1) is 0 Å². The van der Waals surface area contributed by atoms with E-state index in [1.165, 1.54) is 32.1 Å². The molecule has 0 radical (unpaired) electrons. The normalized spacial score (nSPS) is 34.4. The van der Waals surface area contributed by atoms with E-state index in [-0.39, 0.29) is 0 Å². The molecule has 0 bridgehead atoms. The monoisotopic (exact) mass is 278 g/mol. The van der Waals surface area contributed by atoms with Crippen LogP contribution in [-0.4, -0.2) is 9.71 Å². The number of Topliss-reactive ketones (excluding diaryl/α,β-unsaturated/α-hetero) is 1. The van der Waals surface area contributed by atoms with Crippen molar-refractivity contribution in [3.63, 3.8) is 0 Å². The summed E-state index contributed by atoms with van der Waals surface area (Å²) in [5, 5.41) is 0.